The number of hydrogen-bond donors (Lipinski definition) is 1. The van der Waals surface area contributed by atoms with Gasteiger partial charge in [-0.05, 0) is 48.9 Å². The van der Waals surface area contributed by atoms with Gasteiger partial charge in [0.2, 0.25) is 0 Å². The molecule has 0 heterocycles. The first-order chi connectivity index (χ1) is 10.1. The topological polar surface area (TPSA) is 37.3 Å². The van der Waals surface area contributed by atoms with E-state index in [0.29, 0.717) is 12.8 Å². The van der Waals surface area contributed by atoms with Crippen LogP contribution in [0.2, 0.25) is 0 Å². The van der Waals surface area contributed by atoms with Crippen LogP contribution in [0, 0.1) is 13.8 Å². The van der Waals surface area contributed by atoms with Crippen LogP contribution >= 0.6 is 0 Å². The van der Waals surface area contributed by atoms with E-state index in [1.165, 1.54) is 16.7 Å². The summed E-state index contributed by atoms with van der Waals surface area (Å²) < 4.78 is 0. The van der Waals surface area contributed by atoms with Crippen molar-refractivity contribution < 1.29 is 9.90 Å². The first-order valence-corrected chi connectivity index (χ1v) is 7.43. The Labute approximate surface area is 126 Å². The van der Waals surface area contributed by atoms with Crippen LogP contribution in [0.3, 0.4) is 0 Å². The van der Waals surface area contributed by atoms with Gasteiger partial charge in [0.1, 0.15) is 0 Å². The van der Waals surface area contributed by atoms with Crippen molar-refractivity contribution in [1.82, 2.24) is 0 Å². The van der Waals surface area contributed by atoms with E-state index in [0.717, 1.165) is 17.5 Å². The lowest BCUT2D eigenvalue weighted by Crippen LogP contribution is -1.99. The van der Waals surface area contributed by atoms with Crippen LogP contribution in [0.1, 0.15) is 40.7 Å². The third kappa shape index (κ3) is 4.02. The number of rotatable bonds is 6. The van der Waals surface area contributed by atoms with Crippen LogP contribution in [-0.2, 0) is 0 Å². The number of ketones is 1. The van der Waals surface area contributed by atoms with E-state index in [1.54, 1.807) is 0 Å². The summed E-state index contributed by atoms with van der Waals surface area (Å²) >= 11 is 0. The van der Waals surface area contributed by atoms with E-state index in [4.69, 9.17) is 5.11 Å². The molecule has 2 heteroatoms. The zero-order chi connectivity index (χ0) is 15.2. The molecule has 2 aromatic carbocycles. The summed E-state index contributed by atoms with van der Waals surface area (Å²) in [4.78, 5) is 12.0. The molecule has 21 heavy (non-hydrogen) atoms. The molecule has 0 fully saturated rings. The van der Waals surface area contributed by atoms with Crippen molar-refractivity contribution in [1.29, 1.82) is 0 Å². The molecular formula is C19H22O2. The van der Waals surface area contributed by atoms with Gasteiger partial charge in [0.05, 0.1) is 0 Å². The Hall–Kier alpha value is -1.93. The highest BCUT2D eigenvalue weighted by Crippen LogP contribution is 2.23. The minimum Gasteiger partial charge on any atom is -0.396 e. The second-order valence-electron chi connectivity index (χ2n) is 5.48. The Kier molecular flexibility index (Phi) is 5.29. The highest BCUT2D eigenvalue weighted by molar-refractivity contribution is 5.96. The Morgan fingerprint density at radius 3 is 2.19 bits per heavy atom. The standard InChI is InChI=1S/C19H22O2/c1-14-6-7-18(13-15(14)2)16-8-10-17(11-9-16)19(21)5-3-4-12-20/h6-11,13,20H,3-5,12H2,1-2H3. The van der Waals surface area contributed by atoms with Gasteiger partial charge in [0.25, 0.3) is 0 Å². The number of benzene rings is 2. The Morgan fingerprint density at radius 2 is 1.57 bits per heavy atom. The van der Waals surface area contributed by atoms with Crippen molar-refractivity contribution in [3.8, 4) is 11.1 Å². The largest absolute Gasteiger partial charge is 0.396 e. The lowest BCUT2D eigenvalue weighted by molar-refractivity contribution is 0.0977. The van der Waals surface area contributed by atoms with Gasteiger partial charge in [0.15, 0.2) is 5.78 Å². The number of Topliss-reactive ketones (excluding diaryl/α,β-unsaturated/α-hetero) is 1. The van der Waals surface area contributed by atoms with E-state index in [9.17, 15) is 4.79 Å². The SMILES string of the molecule is Cc1ccc(-c2ccc(C(=O)CCCCO)cc2)cc1C. The highest BCUT2D eigenvalue weighted by atomic mass is 16.2. The molecule has 0 unspecified atom stereocenters. The van der Waals surface area contributed by atoms with Crippen molar-refractivity contribution in [3.63, 3.8) is 0 Å². The fourth-order valence-corrected chi connectivity index (χ4v) is 2.31. The minimum absolute atomic E-state index is 0.148. The molecule has 0 saturated carbocycles. The van der Waals surface area contributed by atoms with Gasteiger partial charge in [-0.1, -0.05) is 42.5 Å². The van der Waals surface area contributed by atoms with Crippen molar-refractivity contribution in [2.75, 3.05) is 6.61 Å². The highest BCUT2D eigenvalue weighted by Gasteiger charge is 2.06. The molecule has 0 aliphatic carbocycles. The lowest BCUT2D eigenvalue weighted by Gasteiger charge is -2.07. The molecule has 0 amide bonds. The normalized spacial score (nSPS) is 10.6. The lowest BCUT2D eigenvalue weighted by atomic mass is 9.98. The number of aliphatic hydroxyl groups is 1. The smallest absolute Gasteiger partial charge is 0.162 e. The monoisotopic (exact) mass is 282 g/mol. The predicted octanol–water partition coefficient (Wildman–Crippen LogP) is 4.32. The average Bonchev–Trinajstić information content (AvgIpc) is 2.50. The summed E-state index contributed by atoms with van der Waals surface area (Å²) in [6.45, 7) is 4.37. The molecule has 0 aliphatic rings. The maximum atomic E-state index is 12.0. The molecule has 2 rings (SSSR count). The average molecular weight is 282 g/mol. The predicted molar refractivity (Wildman–Crippen MR) is 86.6 cm³/mol. The third-order valence-corrected chi connectivity index (χ3v) is 3.86. The Bertz CT molecular complexity index is 612. The molecular weight excluding hydrogens is 260 g/mol. The summed E-state index contributed by atoms with van der Waals surface area (Å²) in [5, 5.41) is 8.74. The zero-order valence-electron chi connectivity index (χ0n) is 12.7. The summed E-state index contributed by atoms with van der Waals surface area (Å²) in [6, 6.07) is 14.2. The molecule has 1 N–H and O–H groups in total. The third-order valence-electron chi connectivity index (χ3n) is 3.86. The van der Waals surface area contributed by atoms with Crippen molar-refractivity contribution in [3.05, 3.63) is 59.2 Å². The molecule has 0 atom stereocenters. The van der Waals surface area contributed by atoms with Gasteiger partial charge in [-0.25, -0.2) is 0 Å². The second kappa shape index (κ2) is 7.19. The number of unbranched alkanes of at least 4 members (excludes halogenated alkanes) is 1. The molecule has 0 aromatic heterocycles. The van der Waals surface area contributed by atoms with Crippen molar-refractivity contribution in [2.45, 2.75) is 33.1 Å². The molecule has 2 aromatic rings. The van der Waals surface area contributed by atoms with Crippen LogP contribution in [0.4, 0.5) is 0 Å². The fraction of sp³-hybridized carbons (Fsp3) is 0.316. The van der Waals surface area contributed by atoms with Gasteiger partial charge in [0, 0.05) is 18.6 Å². The maximum absolute atomic E-state index is 12.0. The quantitative estimate of drug-likeness (QED) is 0.633. The van der Waals surface area contributed by atoms with Crippen LogP contribution in [0.5, 0.6) is 0 Å². The Balaban J connectivity index is 2.11. The number of aryl methyl sites for hydroxylation is 2. The van der Waals surface area contributed by atoms with E-state index in [2.05, 4.69) is 32.0 Å². The van der Waals surface area contributed by atoms with Crippen molar-refractivity contribution in [2.24, 2.45) is 0 Å². The number of aliphatic hydroxyl groups excluding tert-OH is 1. The van der Waals surface area contributed by atoms with Gasteiger partial charge in [-0.2, -0.15) is 0 Å². The molecule has 0 radical (unpaired) electrons. The molecule has 0 spiro atoms. The molecule has 2 nitrogen and oxygen atoms in total. The molecule has 110 valence electrons. The van der Waals surface area contributed by atoms with Crippen LogP contribution in [0.25, 0.3) is 11.1 Å². The number of carbonyl (C=O) groups is 1. The van der Waals surface area contributed by atoms with E-state index < -0.39 is 0 Å². The van der Waals surface area contributed by atoms with Crippen LogP contribution in [-0.4, -0.2) is 17.5 Å². The number of hydrogen-bond acceptors (Lipinski definition) is 2. The minimum atomic E-state index is 0.148. The summed E-state index contributed by atoms with van der Waals surface area (Å²) in [7, 11) is 0. The van der Waals surface area contributed by atoms with E-state index in [1.807, 2.05) is 24.3 Å². The molecule has 0 aliphatic heterocycles. The summed E-state index contributed by atoms with van der Waals surface area (Å²) in [5.41, 5.74) is 5.62. The van der Waals surface area contributed by atoms with Gasteiger partial charge in [-0.3, -0.25) is 4.79 Å². The fourth-order valence-electron chi connectivity index (χ4n) is 2.31. The Morgan fingerprint density at radius 1 is 0.905 bits per heavy atom. The zero-order valence-corrected chi connectivity index (χ0v) is 12.7. The second-order valence-corrected chi connectivity index (χ2v) is 5.48. The van der Waals surface area contributed by atoms with Crippen LogP contribution in [0.15, 0.2) is 42.5 Å². The molecule has 0 bridgehead atoms. The first-order valence-electron chi connectivity index (χ1n) is 7.43. The van der Waals surface area contributed by atoms with E-state index >= 15 is 0 Å². The van der Waals surface area contributed by atoms with Crippen LogP contribution < -0.4 is 0 Å². The summed E-state index contributed by atoms with van der Waals surface area (Å²) in [6.07, 6.45) is 1.93. The van der Waals surface area contributed by atoms with Gasteiger partial charge < -0.3 is 5.11 Å². The number of carbonyl (C=O) groups excluding carboxylic acids is 1. The molecule has 0 saturated heterocycles. The van der Waals surface area contributed by atoms with E-state index in [-0.39, 0.29) is 12.4 Å². The summed E-state index contributed by atoms with van der Waals surface area (Å²) in [5.74, 6) is 0.148. The van der Waals surface area contributed by atoms with Crippen molar-refractivity contribution >= 4 is 5.78 Å². The van der Waals surface area contributed by atoms with Gasteiger partial charge in [-0.15, -0.1) is 0 Å². The first kappa shape index (κ1) is 15.5. The van der Waals surface area contributed by atoms with Gasteiger partial charge >= 0.3 is 0 Å². The maximum Gasteiger partial charge on any atom is 0.162 e.